The van der Waals surface area contributed by atoms with Crippen molar-refractivity contribution in [3.05, 3.63) is 36.0 Å². The number of hydrogen-bond donors (Lipinski definition) is 1. The van der Waals surface area contributed by atoms with E-state index in [1.807, 2.05) is 18.3 Å². The third-order valence-corrected chi connectivity index (χ3v) is 7.27. The first-order valence-corrected chi connectivity index (χ1v) is 9.83. The monoisotopic (exact) mass is 351 g/mol. The van der Waals surface area contributed by atoms with E-state index in [2.05, 4.69) is 44.8 Å². The van der Waals surface area contributed by atoms with Crippen LogP contribution in [-0.2, 0) is 9.59 Å². The Labute approximate surface area is 155 Å². The molecule has 0 bridgehead atoms. The molecular weight excluding hydrogens is 322 g/mol. The predicted molar refractivity (Wildman–Crippen MR) is 104 cm³/mol. The number of aldehydes is 1. The molecule has 138 valence electrons. The highest BCUT2D eigenvalue weighted by Crippen LogP contribution is 2.60. The summed E-state index contributed by atoms with van der Waals surface area (Å²) < 4.78 is 0. The summed E-state index contributed by atoms with van der Waals surface area (Å²) in [6.07, 6.45) is 5.91. The van der Waals surface area contributed by atoms with Crippen molar-refractivity contribution in [2.45, 2.75) is 52.9 Å². The van der Waals surface area contributed by atoms with Crippen molar-refractivity contribution in [1.29, 1.82) is 0 Å². The fourth-order valence-electron chi connectivity index (χ4n) is 6.23. The van der Waals surface area contributed by atoms with Gasteiger partial charge in [0.1, 0.15) is 12.1 Å². The highest BCUT2D eigenvalue weighted by Gasteiger charge is 2.57. The molecule has 0 radical (unpaired) electrons. The van der Waals surface area contributed by atoms with Gasteiger partial charge in [-0.2, -0.15) is 0 Å². The van der Waals surface area contributed by atoms with Crippen LogP contribution in [0.25, 0.3) is 10.9 Å². The second-order valence-corrected chi connectivity index (χ2v) is 9.62. The van der Waals surface area contributed by atoms with Crippen molar-refractivity contribution in [1.82, 2.24) is 4.98 Å². The molecule has 2 aliphatic carbocycles. The van der Waals surface area contributed by atoms with Gasteiger partial charge in [-0.1, -0.05) is 45.9 Å². The third kappa shape index (κ3) is 2.47. The number of fused-ring (bicyclic) bond motifs is 2. The lowest BCUT2D eigenvalue weighted by Crippen LogP contribution is -2.34. The van der Waals surface area contributed by atoms with Crippen molar-refractivity contribution in [2.24, 2.45) is 28.6 Å². The Morgan fingerprint density at radius 1 is 1.19 bits per heavy atom. The topological polar surface area (TPSA) is 49.9 Å². The van der Waals surface area contributed by atoms with Crippen molar-refractivity contribution < 1.29 is 9.59 Å². The second-order valence-electron chi connectivity index (χ2n) is 9.62. The maximum Gasteiger partial charge on any atom is 0.143 e. The number of aromatic amines is 1. The SMILES string of the molecule is C[C@@H]1C(=O)[C@@H](c2c[nH]c3ccccc23)[C@H]2[C@H]1CCC(C)(C=O)CC2(C)C. The zero-order chi connectivity index (χ0) is 18.7. The minimum atomic E-state index is -0.276. The first kappa shape index (κ1) is 17.5. The number of nitrogens with one attached hydrogen (secondary N) is 1. The van der Waals surface area contributed by atoms with Gasteiger partial charge in [-0.25, -0.2) is 0 Å². The molecule has 2 aromatic rings. The minimum absolute atomic E-state index is 0.0553. The van der Waals surface area contributed by atoms with Crippen molar-refractivity contribution in [2.75, 3.05) is 0 Å². The molecule has 2 aliphatic rings. The zero-order valence-corrected chi connectivity index (χ0v) is 16.2. The summed E-state index contributed by atoms with van der Waals surface area (Å²) >= 11 is 0. The van der Waals surface area contributed by atoms with Crippen LogP contribution in [0.15, 0.2) is 30.5 Å². The number of rotatable bonds is 2. The van der Waals surface area contributed by atoms with Gasteiger partial charge in [-0.15, -0.1) is 0 Å². The van der Waals surface area contributed by atoms with Gasteiger partial charge in [0.2, 0.25) is 0 Å². The molecule has 1 N–H and O–H groups in total. The molecule has 3 nitrogen and oxygen atoms in total. The van der Waals surface area contributed by atoms with Crippen LogP contribution >= 0.6 is 0 Å². The van der Waals surface area contributed by atoms with Crippen LogP contribution in [0.5, 0.6) is 0 Å². The van der Waals surface area contributed by atoms with Crippen molar-refractivity contribution >= 4 is 23.0 Å². The number of hydrogen-bond acceptors (Lipinski definition) is 2. The molecule has 0 aliphatic heterocycles. The van der Waals surface area contributed by atoms with Crippen LogP contribution in [-0.4, -0.2) is 17.1 Å². The van der Waals surface area contributed by atoms with Gasteiger partial charge >= 0.3 is 0 Å². The predicted octanol–water partition coefficient (Wildman–Crippen LogP) is 5.12. The molecule has 1 heterocycles. The van der Waals surface area contributed by atoms with Gasteiger partial charge in [-0.3, -0.25) is 4.79 Å². The molecule has 3 heteroatoms. The molecule has 2 fully saturated rings. The molecular formula is C23H29NO2. The third-order valence-electron chi connectivity index (χ3n) is 7.27. The standard InChI is InChI=1S/C23H29NO2/c1-14-15-9-10-23(4,13-25)12-22(2,3)20(15)19(21(14)26)17-11-24-18-8-6-5-7-16(17)18/h5-8,11,13-15,19-20,24H,9-10,12H2,1-4H3/t14-,15-,19-,20+,23?/m0/s1. The Morgan fingerprint density at radius 3 is 2.65 bits per heavy atom. The second kappa shape index (κ2) is 5.80. The number of carbonyl (C=O) groups excluding carboxylic acids is 2. The Kier molecular flexibility index (Phi) is 3.91. The van der Waals surface area contributed by atoms with E-state index in [9.17, 15) is 9.59 Å². The van der Waals surface area contributed by atoms with E-state index in [1.54, 1.807) is 0 Å². The smallest absolute Gasteiger partial charge is 0.143 e. The van der Waals surface area contributed by atoms with Crippen molar-refractivity contribution in [3.8, 4) is 0 Å². The van der Waals surface area contributed by atoms with E-state index in [0.717, 1.165) is 42.0 Å². The largest absolute Gasteiger partial charge is 0.361 e. The summed E-state index contributed by atoms with van der Waals surface area (Å²) in [5.74, 6) is 1.01. The van der Waals surface area contributed by atoms with Crippen LogP contribution in [0, 0.1) is 28.6 Å². The van der Waals surface area contributed by atoms with Crippen molar-refractivity contribution in [3.63, 3.8) is 0 Å². The molecule has 2 saturated carbocycles. The van der Waals surface area contributed by atoms with Crippen LogP contribution in [0.1, 0.15) is 58.4 Å². The number of ketones is 1. The summed E-state index contributed by atoms with van der Waals surface area (Å²) in [4.78, 5) is 28.5. The van der Waals surface area contributed by atoms with Gasteiger partial charge in [0.15, 0.2) is 0 Å². The van der Waals surface area contributed by atoms with Crippen LogP contribution in [0.3, 0.4) is 0 Å². The highest BCUT2D eigenvalue weighted by molar-refractivity contribution is 5.96. The summed E-state index contributed by atoms with van der Waals surface area (Å²) in [5.41, 5.74) is 1.91. The molecule has 0 saturated heterocycles. The Balaban J connectivity index is 1.85. The first-order valence-electron chi connectivity index (χ1n) is 9.83. The minimum Gasteiger partial charge on any atom is -0.361 e. The van der Waals surface area contributed by atoms with E-state index < -0.39 is 0 Å². The highest BCUT2D eigenvalue weighted by atomic mass is 16.1. The summed E-state index contributed by atoms with van der Waals surface area (Å²) in [5, 5.41) is 1.16. The van der Waals surface area contributed by atoms with E-state index in [1.165, 1.54) is 0 Å². The van der Waals surface area contributed by atoms with Gasteiger partial charge in [0, 0.05) is 34.4 Å². The van der Waals surface area contributed by atoms with Crippen LogP contribution in [0.2, 0.25) is 0 Å². The lowest BCUT2D eigenvalue weighted by atomic mass is 9.64. The number of H-pyrrole nitrogens is 1. The van der Waals surface area contributed by atoms with E-state index >= 15 is 0 Å². The first-order chi connectivity index (χ1) is 12.3. The Morgan fingerprint density at radius 2 is 1.92 bits per heavy atom. The number of aromatic nitrogens is 1. The quantitative estimate of drug-likeness (QED) is 0.764. The lowest BCUT2D eigenvalue weighted by molar-refractivity contribution is -0.122. The number of Topliss-reactive ketones (excluding diaryl/α,β-unsaturated/α-hetero) is 1. The molecule has 0 spiro atoms. The van der Waals surface area contributed by atoms with Gasteiger partial charge < -0.3 is 9.78 Å². The molecule has 5 atom stereocenters. The fourth-order valence-corrected chi connectivity index (χ4v) is 6.23. The van der Waals surface area contributed by atoms with E-state index in [0.29, 0.717) is 11.7 Å². The zero-order valence-electron chi connectivity index (χ0n) is 16.2. The molecule has 0 amide bonds. The summed E-state index contributed by atoms with van der Waals surface area (Å²) in [6.45, 7) is 8.74. The van der Waals surface area contributed by atoms with Gasteiger partial charge in [0.05, 0.1) is 0 Å². The average Bonchev–Trinajstić information content (AvgIpc) is 3.10. The van der Waals surface area contributed by atoms with Crippen LogP contribution in [0.4, 0.5) is 0 Å². The van der Waals surface area contributed by atoms with E-state index in [4.69, 9.17) is 0 Å². The molecule has 26 heavy (non-hydrogen) atoms. The molecule has 1 aromatic heterocycles. The summed E-state index contributed by atoms with van der Waals surface area (Å²) in [6, 6.07) is 8.25. The maximum atomic E-state index is 13.4. The molecule has 1 unspecified atom stereocenters. The summed E-state index contributed by atoms with van der Waals surface area (Å²) in [7, 11) is 0. The Bertz CT molecular complexity index is 864. The number of para-hydroxylation sites is 1. The maximum absolute atomic E-state index is 13.4. The fraction of sp³-hybridized carbons (Fsp3) is 0.565. The molecule has 4 rings (SSSR count). The van der Waals surface area contributed by atoms with Gasteiger partial charge in [-0.05, 0) is 48.1 Å². The number of benzene rings is 1. The number of carbonyl (C=O) groups is 2. The van der Waals surface area contributed by atoms with Crippen LogP contribution < -0.4 is 0 Å². The lowest BCUT2D eigenvalue weighted by Gasteiger charge is -2.39. The average molecular weight is 351 g/mol. The normalized spacial score (nSPS) is 36.7. The molecule has 1 aromatic carbocycles. The Hall–Kier alpha value is -1.90. The van der Waals surface area contributed by atoms with Gasteiger partial charge in [0.25, 0.3) is 0 Å². The van der Waals surface area contributed by atoms with E-state index in [-0.39, 0.29) is 28.6 Å².